The summed E-state index contributed by atoms with van der Waals surface area (Å²) >= 11 is 0. The standard InChI is InChI=1S/C15H25NO2/c1-4-11-8-10(3)9-12(5-2)14(11)15(18)13(17)6-7-16/h8-9,13,15,17-18H,4-7,16H2,1-3H3. The summed E-state index contributed by atoms with van der Waals surface area (Å²) in [5.74, 6) is 0. The Balaban J connectivity index is 3.19. The molecule has 0 saturated carbocycles. The monoisotopic (exact) mass is 251 g/mol. The van der Waals surface area contributed by atoms with E-state index < -0.39 is 12.2 Å². The lowest BCUT2D eigenvalue weighted by molar-refractivity contribution is 0.0140. The van der Waals surface area contributed by atoms with E-state index in [1.54, 1.807) is 0 Å². The Hall–Kier alpha value is -0.900. The molecule has 3 nitrogen and oxygen atoms in total. The van der Waals surface area contributed by atoms with Crippen LogP contribution in [0.15, 0.2) is 12.1 Å². The first-order valence-corrected chi connectivity index (χ1v) is 6.73. The Morgan fingerprint density at radius 1 is 1.11 bits per heavy atom. The van der Waals surface area contributed by atoms with E-state index in [-0.39, 0.29) is 0 Å². The van der Waals surface area contributed by atoms with E-state index in [1.807, 2.05) is 0 Å². The van der Waals surface area contributed by atoms with Gasteiger partial charge in [0.1, 0.15) is 6.10 Å². The first kappa shape index (κ1) is 15.2. The molecule has 1 aromatic carbocycles. The molecule has 0 aromatic heterocycles. The zero-order valence-corrected chi connectivity index (χ0v) is 11.6. The van der Waals surface area contributed by atoms with Gasteiger partial charge in [0.25, 0.3) is 0 Å². The van der Waals surface area contributed by atoms with Crippen molar-refractivity contribution in [2.24, 2.45) is 5.73 Å². The molecule has 0 fully saturated rings. The van der Waals surface area contributed by atoms with Gasteiger partial charge in [0.15, 0.2) is 0 Å². The smallest absolute Gasteiger partial charge is 0.105 e. The molecule has 0 aliphatic heterocycles. The van der Waals surface area contributed by atoms with Crippen LogP contribution < -0.4 is 5.73 Å². The third-order valence-electron chi connectivity index (χ3n) is 3.38. The van der Waals surface area contributed by atoms with E-state index in [0.717, 1.165) is 29.5 Å². The molecule has 0 heterocycles. The number of aliphatic hydroxyl groups excluding tert-OH is 2. The lowest BCUT2D eigenvalue weighted by Crippen LogP contribution is -2.24. The van der Waals surface area contributed by atoms with E-state index in [1.165, 1.54) is 5.56 Å². The van der Waals surface area contributed by atoms with Gasteiger partial charge in [0.2, 0.25) is 0 Å². The quantitative estimate of drug-likeness (QED) is 0.723. The minimum absolute atomic E-state index is 0.382. The van der Waals surface area contributed by atoms with Crippen LogP contribution in [0.25, 0.3) is 0 Å². The average molecular weight is 251 g/mol. The second-order valence-corrected chi connectivity index (χ2v) is 4.79. The van der Waals surface area contributed by atoms with Crippen molar-refractivity contribution in [3.8, 4) is 0 Å². The molecule has 1 rings (SSSR count). The molecule has 2 unspecified atom stereocenters. The molecule has 0 radical (unpaired) electrons. The van der Waals surface area contributed by atoms with E-state index >= 15 is 0 Å². The minimum atomic E-state index is -0.834. The molecule has 4 N–H and O–H groups in total. The number of aliphatic hydroxyl groups is 2. The van der Waals surface area contributed by atoms with Gasteiger partial charge in [-0.15, -0.1) is 0 Å². The predicted octanol–water partition coefficient (Wildman–Crippen LogP) is 1.86. The molecule has 102 valence electrons. The number of hydrogen-bond donors (Lipinski definition) is 3. The second-order valence-electron chi connectivity index (χ2n) is 4.79. The zero-order chi connectivity index (χ0) is 13.7. The molecule has 18 heavy (non-hydrogen) atoms. The van der Waals surface area contributed by atoms with Crippen LogP contribution in [0.5, 0.6) is 0 Å². The molecule has 3 heteroatoms. The summed E-state index contributed by atoms with van der Waals surface area (Å²) < 4.78 is 0. The second kappa shape index (κ2) is 6.88. The first-order chi connectivity index (χ1) is 8.54. The Kier molecular flexibility index (Phi) is 5.79. The van der Waals surface area contributed by atoms with E-state index in [4.69, 9.17) is 5.73 Å². The van der Waals surface area contributed by atoms with Crippen molar-refractivity contribution in [1.82, 2.24) is 0 Å². The maximum atomic E-state index is 10.3. The SMILES string of the molecule is CCc1cc(C)cc(CC)c1C(O)C(O)CCN. The molecule has 0 aliphatic carbocycles. The van der Waals surface area contributed by atoms with Crippen LogP contribution in [0.3, 0.4) is 0 Å². The molecule has 2 atom stereocenters. The molecule has 0 saturated heterocycles. The van der Waals surface area contributed by atoms with Crippen molar-refractivity contribution in [2.45, 2.75) is 52.2 Å². The third-order valence-corrected chi connectivity index (χ3v) is 3.38. The zero-order valence-electron chi connectivity index (χ0n) is 11.6. The van der Waals surface area contributed by atoms with E-state index in [9.17, 15) is 10.2 Å². The Bertz CT molecular complexity index is 365. The molecular weight excluding hydrogens is 226 g/mol. The van der Waals surface area contributed by atoms with Gasteiger partial charge < -0.3 is 15.9 Å². The highest BCUT2D eigenvalue weighted by Gasteiger charge is 2.22. The predicted molar refractivity (Wildman–Crippen MR) is 74.6 cm³/mol. The molecular formula is C15H25NO2. The lowest BCUT2D eigenvalue weighted by atomic mass is 9.88. The van der Waals surface area contributed by atoms with Gasteiger partial charge in [0.05, 0.1) is 6.10 Å². The Morgan fingerprint density at radius 3 is 2.00 bits per heavy atom. The molecule has 0 spiro atoms. The number of hydrogen-bond acceptors (Lipinski definition) is 3. The summed E-state index contributed by atoms with van der Waals surface area (Å²) in [5.41, 5.74) is 9.78. The Morgan fingerprint density at radius 2 is 1.61 bits per heavy atom. The maximum Gasteiger partial charge on any atom is 0.105 e. The minimum Gasteiger partial charge on any atom is -0.390 e. The fraction of sp³-hybridized carbons (Fsp3) is 0.600. The average Bonchev–Trinajstić information content (AvgIpc) is 2.36. The van der Waals surface area contributed by atoms with Crippen LogP contribution in [0.4, 0.5) is 0 Å². The van der Waals surface area contributed by atoms with Crippen molar-refractivity contribution in [3.63, 3.8) is 0 Å². The summed E-state index contributed by atoms with van der Waals surface area (Å²) in [6.07, 6.45) is 0.515. The maximum absolute atomic E-state index is 10.3. The number of rotatable bonds is 6. The fourth-order valence-electron chi connectivity index (χ4n) is 2.44. The van der Waals surface area contributed by atoms with Crippen molar-refractivity contribution >= 4 is 0 Å². The number of nitrogens with two attached hydrogens (primary N) is 1. The van der Waals surface area contributed by atoms with Gasteiger partial charge in [-0.2, -0.15) is 0 Å². The van der Waals surface area contributed by atoms with Crippen LogP contribution in [-0.2, 0) is 12.8 Å². The summed E-state index contributed by atoms with van der Waals surface area (Å²) in [6.45, 7) is 6.58. The van der Waals surface area contributed by atoms with Gasteiger partial charge in [0, 0.05) is 0 Å². The van der Waals surface area contributed by atoms with Crippen LogP contribution in [0.1, 0.15) is 48.6 Å². The first-order valence-electron chi connectivity index (χ1n) is 6.73. The van der Waals surface area contributed by atoms with Crippen molar-refractivity contribution in [2.75, 3.05) is 6.54 Å². The highest BCUT2D eigenvalue weighted by atomic mass is 16.3. The van der Waals surface area contributed by atoms with Gasteiger partial charge in [-0.25, -0.2) is 0 Å². The van der Waals surface area contributed by atoms with Crippen molar-refractivity contribution in [1.29, 1.82) is 0 Å². The van der Waals surface area contributed by atoms with Gasteiger partial charge >= 0.3 is 0 Å². The summed E-state index contributed by atoms with van der Waals surface area (Å²) in [6, 6.07) is 4.18. The fourth-order valence-corrected chi connectivity index (χ4v) is 2.44. The molecule has 0 aliphatic rings. The van der Waals surface area contributed by atoms with Crippen LogP contribution in [-0.4, -0.2) is 22.9 Å². The molecule has 1 aromatic rings. The van der Waals surface area contributed by atoms with Gasteiger partial charge in [-0.3, -0.25) is 0 Å². The largest absolute Gasteiger partial charge is 0.390 e. The Labute approximate surface area is 110 Å². The van der Waals surface area contributed by atoms with Crippen LogP contribution >= 0.6 is 0 Å². The lowest BCUT2D eigenvalue weighted by Gasteiger charge is -2.23. The number of aryl methyl sites for hydroxylation is 3. The summed E-state index contributed by atoms with van der Waals surface area (Å²) in [7, 11) is 0. The van der Waals surface area contributed by atoms with Crippen molar-refractivity contribution < 1.29 is 10.2 Å². The summed E-state index contributed by atoms with van der Waals surface area (Å²) in [4.78, 5) is 0. The van der Waals surface area contributed by atoms with Gasteiger partial charge in [-0.05, 0) is 49.4 Å². The number of benzene rings is 1. The topological polar surface area (TPSA) is 66.5 Å². The van der Waals surface area contributed by atoms with E-state index in [0.29, 0.717) is 13.0 Å². The highest BCUT2D eigenvalue weighted by Crippen LogP contribution is 2.28. The third kappa shape index (κ3) is 3.31. The van der Waals surface area contributed by atoms with Crippen LogP contribution in [0, 0.1) is 6.92 Å². The van der Waals surface area contributed by atoms with Crippen molar-refractivity contribution in [3.05, 3.63) is 34.4 Å². The van der Waals surface area contributed by atoms with Crippen LogP contribution in [0.2, 0.25) is 0 Å². The van der Waals surface area contributed by atoms with E-state index in [2.05, 4.69) is 32.9 Å². The molecule has 0 amide bonds. The normalized spacial score (nSPS) is 14.6. The van der Waals surface area contributed by atoms with Gasteiger partial charge in [-0.1, -0.05) is 31.5 Å². The summed E-state index contributed by atoms with van der Waals surface area (Å²) in [5, 5.41) is 20.3. The molecule has 0 bridgehead atoms. The highest BCUT2D eigenvalue weighted by molar-refractivity contribution is 5.41.